The largest absolute Gasteiger partial charge is 0.493 e. The average molecular weight is 332 g/mol. The van der Waals surface area contributed by atoms with Crippen LogP contribution in [0.4, 0.5) is 0 Å². The molecule has 1 N–H and O–H groups in total. The van der Waals surface area contributed by atoms with Crippen LogP contribution in [-0.4, -0.2) is 17.5 Å². The molecule has 1 unspecified atom stereocenters. The van der Waals surface area contributed by atoms with Gasteiger partial charge < -0.3 is 10.1 Å². The van der Waals surface area contributed by atoms with Gasteiger partial charge in [-0.05, 0) is 45.2 Å². The van der Waals surface area contributed by atoms with Crippen LogP contribution >= 0.6 is 11.3 Å². The molecule has 0 fully saturated rings. The second-order valence-corrected chi connectivity index (χ2v) is 6.82. The number of amides is 1. The Hall–Kier alpha value is -1.88. The molecular formula is C18H24N2O2S. The normalized spacial score (nSPS) is 12.0. The van der Waals surface area contributed by atoms with Crippen LogP contribution in [0.15, 0.2) is 23.6 Å². The predicted octanol–water partition coefficient (Wildman–Crippen LogP) is 4.10. The van der Waals surface area contributed by atoms with Gasteiger partial charge in [-0.25, -0.2) is 4.98 Å². The lowest BCUT2D eigenvalue weighted by molar-refractivity contribution is -0.122. The van der Waals surface area contributed by atoms with Crippen LogP contribution in [0.1, 0.15) is 47.6 Å². The number of hydrogen-bond acceptors (Lipinski definition) is 4. The van der Waals surface area contributed by atoms with Gasteiger partial charge in [0.25, 0.3) is 0 Å². The quantitative estimate of drug-likeness (QED) is 0.777. The fourth-order valence-electron chi connectivity index (χ4n) is 2.40. The van der Waals surface area contributed by atoms with E-state index in [-0.39, 0.29) is 11.9 Å². The topological polar surface area (TPSA) is 51.2 Å². The first-order valence-electron chi connectivity index (χ1n) is 7.87. The molecular weight excluding hydrogens is 308 g/mol. The van der Waals surface area contributed by atoms with Gasteiger partial charge in [-0.3, -0.25) is 4.79 Å². The Bertz CT molecular complexity index is 647. The predicted molar refractivity (Wildman–Crippen MR) is 94.1 cm³/mol. The molecule has 2 rings (SSSR count). The van der Waals surface area contributed by atoms with E-state index >= 15 is 0 Å². The maximum Gasteiger partial charge on any atom is 0.220 e. The van der Waals surface area contributed by atoms with Crippen molar-refractivity contribution >= 4 is 17.2 Å². The van der Waals surface area contributed by atoms with E-state index in [9.17, 15) is 4.79 Å². The first kappa shape index (κ1) is 17.5. The summed E-state index contributed by atoms with van der Waals surface area (Å²) in [7, 11) is 0. The second-order valence-electron chi connectivity index (χ2n) is 5.75. The number of carbonyl (C=O) groups is 1. The summed E-state index contributed by atoms with van der Waals surface area (Å²) in [6.07, 6.45) is 1.15. The molecule has 0 aliphatic carbocycles. The van der Waals surface area contributed by atoms with Crippen LogP contribution < -0.4 is 10.1 Å². The van der Waals surface area contributed by atoms with Gasteiger partial charge in [-0.1, -0.05) is 18.2 Å². The molecule has 0 bridgehead atoms. The molecule has 0 aliphatic heterocycles. The number of carbonyl (C=O) groups excluding carboxylic acids is 1. The highest BCUT2D eigenvalue weighted by atomic mass is 32.1. The Morgan fingerprint density at radius 2 is 2.00 bits per heavy atom. The third-order valence-corrected chi connectivity index (χ3v) is 4.45. The minimum Gasteiger partial charge on any atom is -0.493 e. The number of para-hydroxylation sites is 1. The van der Waals surface area contributed by atoms with Crippen LogP contribution in [0.5, 0.6) is 5.75 Å². The number of aryl methyl sites for hydroxylation is 3. The SMILES string of the molecule is Cc1nc(C(C)NC(=O)CCCOc2c(C)cccc2C)cs1. The molecule has 0 spiro atoms. The molecule has 1 atom stereocenters. The van der Waals surface area contributed by atoms with Crippen LogP contribution in [0.25, 0.3) is 0 Å². The molecule has 0 radical (unpaired) electrons. The van der Waals surface area contributed by atoms with E-state index in [1.165, 1.54) is 0 Å². The standard InChI is InChI=1S/C18H24N2O2S/c1-12-7-5-8-13(2)18(12)22-10-6-9-17(21)19-14(3)16-11-23-15(4)20-16/h5,7-8,11,14H,6,9-10H2,1-4H3,(H,19,21). The van der Waals surface area contributed by atoms with Crippen molar-refractivity contribution in [1.29, 1.82) is 0 Å². The minimum atomic E-state index is -0.0491. The molecule has 0 saturated carbocycles. The van der Waals surface area contributed by atoms with Crippen LogP contribution in [0.2, 0.25) is 0 Å². The lowest BCUT2D eigenvalue weighted by Crippen LogP contribution is -2.27. The van der Waals surface area contributed by atoms with Crippen molar-refractivity contribution < 1.29 is 9.53 Å². The van der Waals surface area contributed by atoms with E-state index < -0.39 is 0 Å². The molecule has 1 heterocycles. The van der Waals surface area contributed by atoms with E-state index in [2.05, 4.69) is 10.3 Å². The molecule has 0 saturated heterocycles. The minimum absolute atomic E-state index is 0.0354. The Balaban J connectivity index is 1.73. The van der Waals surface area contributed by atoms with E-state index in [0.717, 1.165) is 27.6 Å². The lowest BCUT2D eigenvalue weighted by Gasteiger charge is -2.13. The van der Waals surface area contributed by atoms with Gasteiger partial charge in [0.2, 0.25) is 5.91 Å². The van der Waals surface area contributed by atoms with Crippen molar-refractivity contribution in [3.63, 3.8) is 0 Å². The van der Waals surface area contributed by atoms with Gasteiger partial charge in [-0.15, -0.1) is 11.3 Å². The highest BCUT2D eigenvalue weighted by Crippen LogP contribution is 2.22. The van der Waals surface area contributed by atoms with Crippen LogP contribution in [0, 0.1) is 20.8 Å². The number of benzene rings is 1. The summed E-state index contributed by atoms with van der Waals surface area (Å²) in [5.41, 5.74) is 3.18. The zero-order valence-corrected chi connectivity index (χ0v) is 15.0. The fourth-order valence-corrected chi connectivity index (χ4v) is 3.11. The number of nitrogens with one attached hydrogen (secondary N) is 1. The van der Waals surface area contributed by atoms with Crippen molar-refractivity contribution in [2.45, 2.75) is 46.6 Å². The summed E-state index contributed by atoms with van der Waals surface area (Å²) in [4.78, 5) is 16.4. The average Bonchev–Trinajstić information content (AvgIpc) is 2.92. The fraction of sp³-hybridized carbons (Fsp3) is 0.444. The molecule has 5 heteroatoms. The number of nitrogens with zero attached hydrogens (tertiary/aromatic N) is 1. The van der Waals surface area contributed by atoms with Crippen molar-refractivity contribution in [3.8, 4) is 5.75 Å². The maximum absolute atomic E-state index is 12.0. The van der Waals surface area contributed by atoms with Gasteiger partial charge in [0.15, 0.2) is 0 Å². The first-order chi connectivity index (χ1) is 11.0. The molecule has 1 aromatic carbocycles. The summed E-state index contributed by atoms with van der Waals surface area (Å²) in [5.74, 6) is 0.965. The number of rotatable bonds is 7. The molecule has 1 amide bonds. The van der Waals surface area contributed by atoms with Gasteiger partial charge in [-0.2, -0.15) is 0 Å². The van der Waals surface area contributed by atoms with E-state index in [1.807, 2.05) is 51.3 Å². The third kappa shape index (κ3) is 5.06. The Kier molecular flexibility index (Phi) is 6.16. The lowest BCUT2D eigenvalue weighted by atomic mass is 10.1. The zero-order chi connectivity index (χ0) is 16.8. The molecule has 2 aromatic rings. The number of thiazole rings is 1. The summed E-state index contributed by atoms with van der Waals surface area (Å²) >= 11 is 1.60. The van der Waals surface area contributed by atoms with Crippen LogP contribution in [0.3, 0.4) is 0 Å². The molecule has 4 nitrogen and oxygen atoms in total. The summed E-state index contributed by atoms with van der Waals surface area (Å²) in [6, 6.07) is 6.04. The second kappa shape index (κ2) is 8.11. The first-order valence-corrected chi connectivity index (χ1v) is 8.75. The van der Waals surface area contributed by atoms with Crippen LogP contribution in [-0.2, 0) is 4.79 Å². The van der Waals surface area contributed by atoms with Crippen molar-refractivity contribution in [1.82, 2.24) is 10.3 Å². The Labute approximate surface area is 141 Å². The Morgan fingerprint density at radius 1 is 1.30 bits per heavy atom. The van der Waals surface area contributed by atoms with E-state index in [4.69, 9.17) is 4.74 Å². The maximum atomic E-state index is 12.0. The van der Waals surface area contributed by atoms with Gasteiger partial charge in [0.1, 0.15) is 5.75 Å². The van der Waals surface area contributed by atoms with Gasteiger partial charge >= 0.3 is 0 Å². The van der Waals surface area contributed by atoms with Crippen molar-refractivity contribution in [3.05, 3.63) is 45.4 Å². The molecule has 124 valence electrons. The number of hydrogen-bond donors (Lipinski definition) is 1. The van der Waals surface area contributed by atoms with E-state index in [0.29, 0.717) is 19.4 Å². The zero-order valence-electron chi connectivity index (χ0n) is 14.2. The molecule has 1 aromatic heterocycles. The number of ether oxygens (including phenoxy) is 1. The highest BCUT2D eigenvalue weighted by Gasteiger charge is 2.12. The van der Waals surface area contributed by atoms with Crippen molar-refractivity contribution in [2.75, 3.05) is 6.61 Å². The highest BCUT2D eigenvalue weighted by molar-refractivity contribution is 7.09. The monoisotopic (exact) mass is 332 g/mol. The van der Waals surface area contributed by atoms with Gasteiger partial charge in [0, 0.05) is 11.8 Å². The van der Waals surface area contributed by atoms with E-state index in [1.54, 1.807) is 11.3 Å². The molecule has 0 aliphatic rings. The smallest absolute Gasteiger partial charge is 0.220 e. The molecule has 23 heavy (non-hydrogen) atoms. The third-order valence-electron chi connectivity index (χ3n) is 3.66. The summed E-state index contributed by atoms with van der Waals surface area (Å²) in [5, 5.41) is 5.99. The summed E-state index contributed by atoms with van der Waals surface area (Å²) < 4.78 is 5.82. The summed E-state index contributed by atoms with van der Waals surface area (Å²) in [6.45, 7) is 8.54. The van der Waals surface area contributed by atoms with Gasteiger partial charge in [0.05, 0.1) is 23.4 Å². The number of aromatic nitrogens is 1. The Morgan fingerprint density at radius 3 is 2.61 bits per heavy atom. The van der Waals surface area contributed by atoms with Crippen molar-refractivity contribution in [2.24, 2.45) is 0 Å².